The highest BCUT2D eigenvalue weighted by Crippen LogP contribution is 2.29. The second-order valence-corrected chi connectivity index (χ2v) is 10.8. The maximum absolute atomic E-state index is 13.4. The summed E-state index contributed by atoms with van der Waals surface area (Å²) < 4.78 is 33.5. The van der Waals surface area contributed by atoms with Crippen LogP contribution < -0.4 is 5.32 Å². The van der Waals surface area contributed by atoms with Crippen LogP contribution in [0.4, 0.5) is 0 Å². The van der Waals surface area contributed by atoms with Gasteiger partial charge in [-0.05, 0) is 55.7 Å². The normalized spacial score (nSPS) is 18.3. The summed E-state index contributed by atoms with van der Waals surface area (Å²) in [6.45, 7) is 7.01. The Hall–Kier alpha value is -1.97. The molecule has 1 aliphatic rings. The molecule has 30 heavy (non-hydrogen) atoms. The highest BCUT2D eigenvalue weighted by molar-refractivity contribution is 7.89. The molecule has 1 atom stereocenters. The van der Waals surface area contributed by atoms with Crippen LogP contribution in [0.1, 0.15) is 49.4 Å². The van der Waals surface area contributed by atoms with Gasteiger partial charge in [0.1, 0.15) is 5.69 Å². The molecule has 1 aliphatic heterocycles. The first-order chi connectivity index (χ1) is 14.3. The van der Waals surface area contributed by atoms with Crippen LogP contribution >= 0.6 is 11.3 Å². The van der Waals surface area contributed by atoms with E-state index >= 15 is 0 Å². The van der Waals surface area contributed by atoms with Crippen molar-refractivity contribution in [3.8, 4) is 0 Å². The van der Waals surface area contributed by atoms with Crippen molar-refractivity contribution in [3.05, 3.63) is 33.8 Å². The molecule has 1 N–H and O–H groups in total. The van der Waals surface area contributed by atoms with E-state index in [1.165, 1.54) is 4.31 Å². The molecule has 0 spiro atoms. The summed E-state index contributed by atoms with van der Waals surface area (Å²) in [5.41, 5.74) is 0.323. The topological polar surface area (TPSA) is 92.5 Å². The first-order valence-electron chi connectivity index (χ1n) is 10.2. The molecule has 3 heterocycles. The van der Waals surface area contributed by atoms with Crippen LogP contribution in [0.5, 0.6) is 0 Å². The Morgan fingerprint density at radius 1 is 1.43 bits per heavy atom. The quantitative estimate of drug-likeness (QED) is 0.659. The number of nitrogens with zero attached hydrogens (tertiary/aromatic N) is 2. The number of aromatic nitrogens is 1. The predicted molar refractivity (Wildman–Crippen MR) is 118 cm³/mol. The van der Waals surface area contributed by atoms with Gasteiger partial charge in [-0.2, -0.15) is 4.31 Å². The minimum Gasteiger partial charge on any atom is -0.356 e. The minimum atomic E-state index is -3.82. The maximum atomic E-state index is 13.4. The van der Waals surface area contributed by atoms with Gasteiger partial charge in [-0.1, -0.05) is 25.1 Å². The number of piperidine rings is 1. The summed E-state index contributed by atoms with van der Waals surface area (Å²) in [7, 11) is -3.82. The molecule has 3 rings (SSSR count). The van der Waals surface area contributed by atoms with Gasteiger partial charge in [-0.25, -0.2) is 8.42 Å². The fourth-order valence-corrected chi connectivity index (χ4v) is 5.87. The fraction of sp³-hybridized carbons (Fsp3) is 0.524. The molecule has 0 radical (unpaired) electrons. The summed E-state index contributed by atoms with van der Waals surface area (Å²) in [4.78, 5) is 13.6. The Morgan fingerprint density at radius 2 is 2.23 bits per heavy atom. The lowest BCUT2D eigenvalue weighted by Crippen LogP contribution is -2.45. The highest BCUT2D eigenvalue weighted by atomic mass is 32.2. The van der Waals surface area contributed by atoms with Crippen molar-refractivity contribution >= 4 is 39.4 Å². The van der Waals surface area contributed by atoms with Gasteiger partial charge in [0.05, 0.1) is 5.92 Å². The van der Waals surface area contributed by atoms with E-state index in [2.05, 4.69) is 24.3 Å². The van der Waals surface area contributed by atoms with E-state index in [9.17, 15) is 13.2 Å². The lowest BCUT2D eigenvalue weighted by Gasteiger charge is -2.31. The molecule has 1 saturated heterocycles. The molecule has 0 bridgehead atoms. The van der Waals surface area contributed by atoms with Crippen LogP contribution in [0.15, 0.2) is 26.9 Å². The predicted octanol–water partition coefficient (Wildman–Crippen LogP) is 3.78. The minimum absolute atomic E-state index is 0.0737. The summed E-state index contributed by atoms with van der Waals surface area (Å²) in [6.07, 6.45) is 5.68. The molecule has 1 fully saturated rings. The molecule has 7 nitrogen and oxygen atoms in total. The van der Waals surface area contributed by atoms with E-state index in [-0.39, 0.29) is 29.0 Å². The molecule has 0 saturated carbocycles. The smallest absolute Gasteiger partial charge is 0.248 e. The third kappa shape index (κ3) is 5.39. The Bertz CT molecular complexity index is 978. The number of hydrogen-bond donors (Lipinski definition) is 1. The number of hydrogen-bond acceptors (Lipinski definition) is 6. The second kappa shape index (κ2) is 9.89. The number of sulfonamides is 1. The van der Waals surface area contributed by atoms with Gasteiger partial charge in [0.25, 0.3) is 0 Å². The van der Waals surface area contributed by atoms with Crippen molar-refractivity contribution in [2.24, 2.45) is 11.8 Å². The average Bonchev–Trinajstić information content (AvgIpc) is 3.35. The Balaban J connectivity index is 1.75. The van der Waals surface area contributed by atoms with Gasteiger partial charge in [0, 0.05) is 24.5 Å². The van der Waals surface area contributed by atoms with Crippen molar-refractivity contribution in [2.75, 3.05) is 19.6 Å². The van der Waals surface area contributed by atoms with Crippen molar-refractivity contribution in [3.63, 3.8) is 0 Å². The molecule has 0 aliphatic carbocycles. The highest BCUT2D eigenvalue weighted by Gasteiger charge is 2.36. The molecule has 2 aromatic heterocycles. The van der Waals surface area contributed by atoms with Gasteiger partial charge in [0.2, 0.25) is 15.9 Å². The van der Waals surface area contributed by atoms with Crippen molar-refractivity contribution in [1.82, 2.24) is 14.8 Å². The first kappa shape index (κ1) is 22.7. The van der Waals surface area contributed by atoms with Crippen LogP contribution in [-0.2, 0) is 14.8 Å². The average molecular weight is 452 g/mol. The number of thiophene rings is 1. The number of carbonyl (C=O) groups excluding carboxylic acids is 1. The van der Waals surface area contributed by atoms with Gasteiger partial charge < -0.3 is 9.84 Å². The third-order valence-electron chi connectivity index (χ3n) is 5.15. The Kier molecular flexibility index (Phi) is 7.49. The summed E-state index contributed by atoms with van der Waals surface area (Å²) >= 11 is 1.55. The number of nitrogens with one attached hydrogen (secondary N) is 1. The van der Waals surface area contributed by atoms with E-state index in [0.717, 1.165) is 11.3 Å². The molecular weight excluding hydrogens is 422 g/mol. The fourth-order valence-electron chi connectivity index (χ4n) is 3.47. The van der Waals surface area contributed by atoms with Crippen LogP contribution in [0, 0.1) is 18.8 Å². The van der Waals surface area contributed by atoms with Gasteiger partial charge in [-0.15, -0.1) is 11.3 Å². The number of rotatable bonds is 8. The number of amides is 1. The molecular formula is C21H29N3O4S2. The standard InChI is InChI=1S/C21H29N3O4S2/c1-15(2)10-11-22-21(25)17-6-4-12-24(14-17)30(26,27)20-16(3)23-28-19(20)9-8-18-7-5-13-29-18/h5,7-9,13,15,17H,4,6,10-12,14H2,1-3H3,(H,22,25)/b9-8+/t17-/m1/s1. The number of carbonyl (C=O) groups is 1. The Morgan fingerprint density at radius 3 is 2.93 bits per heavy atom. The number of aryl methyl sites for hydroxylation is 1. The molecule has 0 unspecified atom stereocenters. The largest absolute Gasteiger partial charge is 0.356 e. The van der Waals surface area contributed by atoms with E-state index < -0.39 is 10.0 Å². The summed E-state index contributed by atoms with van der Waals surface area (Å²) in [5.74, 6) is 0.302. The van der Waals surface area contributed by atoms with Crippen molar-refractivity contribution < 1.29 is 17.7 Å². The van der Waals surface area contributed by atoms with Gasteiger partial charge >= 0.3 is 0 Å². The van der Waals surface area contributed by atoms with Crippen LogP contribution in [0.2, 0.25) is 0 Å². The van der Waals surface area contributed by atoms with E-state index in [0.29, 0.717) is 37.5 Å². The summed E-state index contributed by atoms with van der Waals surface area (Å²) in [6, 6.07) is 3.86. The Labute approximate surface area is 182 Å². The lowest BCUT2D eigenvalue weighted by atomic mass is 9.98. The van der Waals surface area contributed by atoms with E-state index in [1.807, 2.05) is 23.6 Å². The van der Waals surface area contributed by atoms with E-state index in [1.54, 1.807) is 24.3 Å². The van der Waals surface area contributed by atoms with E-state index in [4.69, 9.17) is 4.52 Å². The zero-order chi connectivity index (χ0) is 21.7. The zero-order valence-corrected chi connectivity index (χ0v) is 19.3. The van der Waals surface area contributed by atoms with Crippen molar-refractivity contribution in [2.45, 2.75) is 44.9 Å². The SMILES string of the molecule is Cc1noc(/C=C/c2cccs2)c1S(=O)(=O)N1CCC[C@@H](C(=O)NCCC(C)C)C1. The molecule has 9 heteroatoms. The molecule has 1 amide bonds. The van der Waals surface area contributed by atoms with Crippen LogP contribution in [-0.4, -0.2) is 43.4 Å². The zero-order valence-electron chi connectivity index (χ0n) is 17.6. The monoisotopic (exact) mass is 451 g/mol. The van der Waals surface area contributed by atoms with Gasteiger partial charge in [-0.3, -0.25) is 4.79 Å². The van der Waals surface area contributed by atoms with Gasteiger partial charge in [0.15, 0.2) is 10.7 Å². The molecule has 0 aromatic carbocycles. The van der Waals surface area contributed by atoms with Crippen molar-refractivity contribution in [1.29, 1.82) is 0 Å². The van der Waals surface area contributed by atoms with Crippen LogP contribution in [0.25, 0.3) is 12.2 Å². The maximum Gasteiger partial charge on any atom is 0.248 e. The molecule has 164 valence electrons. The molecule has 2 aromatic rings. The third-order valence-corrected chi connectivity index (χ3v) is 8.01. The summed E-state index contributed by atoms with van der Waals surface area (Å²) in [5, 5.41) is 8.78. The first-order valence-corrected chi connectivity index (χ1v) is 12.6. The lowest BCUT2D eigenvalue weighted by molar-refractivity contribution is -0.126. The second-order valence-electron chi connectivity index (χ2n) is 7.99. The van der Waals surface area contributed by atoms with Crippen LogP contribution in [0.3, 0.4) is 0 Å².